The lowest BCUT2D eigenvalue weighted by atomic mass is 10.4. The van der Waals surface area contributed by atoms with E-state index in [2.05, 4.69) is 22.5 Å². The van der Waals surface area contributed by atoms with Gasteiger partial charge < -0.3 is 4.74 Å². The van der Waals surface area contributed by atoms with E-state index >= 15 is 0 Å². The SMILES string of the molecule is C=CCN(CC(=O)OCC)S(=O)(=O)c1ccc(Cl)c(Br)c1. The minimum atomic E-state index is -3.84. The molecule has 21 heavy (non-hydrogen) atoms. The lowest BCUT2D eigenvalue weighted by molar-refractivity contribution is -0.143. The molecule has 0 aromatic heterocycles. The minimum absolute atomic E-state index is 0.00138. The summed E-state index contributed by atoms with van der Waals surface area (Å²) < 4.78 is 31.3. The van der Waals surface area contributed by atoms with Crippen molar-refractivity contribution >= 4 is 43.5 Å². The molecule has 0 amide bonds. The molecule has 0 atom stereocenters. The van der Waals surface area contributed by atoms with E-state index in [-0.39, 0.29) is 24.6 Å². The zero-order chi connectivity index (χ0) is 16.0. The van der Waals surface area contributed by atoms with Crippen LogP contribution in [0.3, 0.4) is 0 Å². The number of nitrogens with zero attached hydrogens (tertiary/aromatic N) is 1. The normalized spacial score (nSPS) is 11.4. The van der Waals surface area contributed by atoms with Crippen LogP contribution < -0.4 is 0 Å². The molecule has 0 radical (unpaired) electrons. The van der Waals surface area contributed by atoms with Crippen molar-refractivity contribution < 1.29 is 17.9 Å². The minimum Gasteiger partial charge on any atom is -0.465 e. The van der Waals surface area contributed by atoms with Crippen LogP contribution in [0.15, 0.2) is 40.2 Å². The third-order valence-electron chi connectivity index (χ3n) is 2.47. The Hall–Kier alpha value is -0.890. The van der Waals surface area contributed by atoms with Crippen LogP contribution in [-0.4, -0.2) is 38.4 Å². The number of ether oxygens (including phenoxy) is 1. The summed E-state index contributed by atoms with van der Waals surface area (Å²) in [6.07, 6.45) is 1.40. The summed E-state index contributed by atoms with van der Waals surface area (Å²) >= 11 is 9.03. The van der Waals surface area contributed by atoms with Crippen LogP contribution in [0.4, 0.5) is 0 Å². The van der Waals surface area contributed by atoms with Crippen LogP contribution in [-0.2, 0) is 19.6 Å². The summed E-state index contributed by atoms with van der Waals surface area (Å²) in [5, 5.41) is 0.398. The Morgan fingerprint density at radius 2 is 2.19 bits per heavy atom. The van der Waals surface area contributed by atoms with Gasteiger partial charge in [0.15, 0.2) is 0 Å². The molecule has 1 aromatic rings. The monoisotopic (exact) mass is 395 g/mol. The van der Waals surface area contributed by atoms with Crippen molar-refractivity contribution in [3.8, 4) is 0 Å². The maximum absolute atomic E-state index is 12.5. The first-order chi connectivity index (χ1) is 9.82. The molecule has 8 heteroatoms. The zero-order valence-corrected chi connectivity index (χ0v) is 14.5. The van der Waals surface area contributed by atoms with Gasteiger partial charge in [-0.15, -0.1) is 6.58 Å². The molecule has 1 rings (SSSR count). The van der Waals surface area contributed by atoms with Crippen LogP contribution in [0.2, 0.25) is 5.02 Å². The number of sulfonamides is 1. The highest BCUT2D eigenvalue weighted by Crippen LogP contribution is 2.26. The van der Waals surface area contributed by atoms with Crippen LogP contribution >= 0.6 is 27.5 Å². The molecule has 0 saturated carbocycles. The predicted octanol–water partition coefficient (Wildman–Crippen LogP) is 2.84. The lowest BCUT2D eigenvalue weighted by Gasteiger charge is -2.20. The maximum atomic E-state index is 12.5. The van der Waals surface area contributed by atoms with Gasteiger partial charge in [-0.2, -0.15) is 4.31 Å². The second kappa shape index (κ2) is 7.93. The molecule has 0 unspecified atom stereocenters. The fraction of sp³-hybridized carbons (Fsp3) is 0.308. The molecule has 0 aliphatic carbocycles. The van der Waals surface area contributed by atoms with Gasteiger partial charge in [0.25, 0.3) is 0 Å². The molecule has 0 heterocycles. The van der Waals surface area contributed by atoms with Gasteiger partial charge in [-0.1, -0.05) is 17.7 Å². The molecule has 116 valence electrons. The van der Waals surface area contributed by atoms with Gasteiger partial charge in [-0.05, 0) is 41.1 Å². The molecule has 1 aromatic carbocycles. The summed E-state index contributed by atoms with van der Waals surface area (Å²) in [7, 11) is -3.84. The van der Waals surface area contributed by atoms with Crippen molar-refractivity contribution in [2.24, 2.45) is 0 Å². The molecule has 5 nitrogen and oxygen atoms in total. The number of benzene rings is 1. The van der Waals surface area contributed by atoms with Crippen LogP contribution in [0.1, 0.15) is 6.92 Å². The highest BCUT2D eigenvalue weighted by atomic mass is 79.9. The van der Waals surface area contributed by atoms with Crippen LogP contribution in [0.5, 0.6) is 0 Å². The number of rotatable bonds is 7. The average molecular weight is 397 g/mol. The van der Waals surface area contributed by atoms with E-state index in [9.17, 15) is 13.2 Å². The van der Waals surface area contributed by atoms with Crippen molar-refractivity contribution in [2.45, 2.75) is 11.8 Å². The Bertz CT molecular complexity index is 633. The van der Waals surface area contributed by atoms with Gasteiger partial charge in [0.05, 0.1) is 16.5 Å². The molecule has 0 spiro atoms. The number of carbonyl (C=O) groups is 1. The van der Waals surface area contributed by atoms with Gasteiger partial charge in [-0.3, -0.25) is 4.79 Å². The summed E-state index contributed by atoms with van der Waals surface area (Å²) in [4.78, 5) is 11.6. The average Bonchev–Trinajstić information content (AvgIpc) is 2.41. The number of carbonyl (C=O) groups excluding carboxylic acids is 1. The van der Waals surface area contributed by atoms with E-state index < -0.39 is 16.0 Å². The molecular formula is C13H15BrClNO4S. The van der Waals surface area contributed by atoms with E-state index in [1.54, 1.807) is 6.92 Å². The largest absolute Gasteiger partial charge is 0.465 e. The molecule has 0 saturated heterocycles. The Kier molecular flexibility index (Phi) is 6.86. The summed E-state index contributed by atoms with van der Waals surface area (Å²) in [6.45, 7) is 4.97. The summed E-state index contributed by atoms with van der Waals surface area (Å²) in [5.41, 5.74) is 0. The first-order valence-electron chi connectivity index (χ1n) is 6.04. The summed E-state index contributed by atoms with van der Waals surface area (Å²) in [6, 6.07) is 4.23. The fourth-order valence-corrected chi connectivity index (χ4v) is 3.56. The molecule has 0 fully saturated rings. The van der Waals surface area contributed by atoms with E-state index in [4.69, 9.17) is 16.3 Å². The van der Waals surface area contributed by atoms with Crippen molar-refractivity contribution in [1.29, 1.82) is 0 Å². The third-order valence-corrected chi connectivity index (χ3v) is 5.49. The van der Waals surface area contributed by atoms with Gasteiger partial charge in [0.2, 0.25) is 10.0 Å². The van der Waals surface area contributed by atoms with Crippen molar-refractivity contribution in [3.05, 3.63) is 40.3 Å². The molecular weight excluding hydrogens is 382 g/mol. The van der Waals surface area contributed by atoms with Crippen LogP contribution in [0, 0.1) is 0 Å². The molecule has 0 aliphatic rings. The van der Waals surface area contributed by atoms with Crippen molar-refractivity contribution in [2.75, 3.05) is 19.7 Å². The number of halogens is 2. The first kappa shape index (κ1) is 18.2. The Morgan fingerprint density at radius 3 is 2.71 bits per heavy atom. The predicted molar refractivity (Wildman–Crippen MR) is 84.7 cm³/mol. The molecule has 0 N–H and O–H groups in total. The Labute approximate surface area is 137 Å². The second-order valence-corrected chi connectivity index (χ2v) is 7.17. The fourth-order valence-electron chi connectivity index (χ4n) is 1.53. The molecule has 0 bridgehead atoms. The number of hydrogen-bond donors (Lipinski definition) is 0. The smallest absolute Gasteiger partial charge is 0.321 e. The molecule has 0 aliphatic heterocycles. The van der Waals surface area contributed by atoms with E-state index in [1.165, 1.54) is 24.3 Å². The summed E-state index contributed by atoms with van der Waals surface area (Å²) in [5.74, 6) is -0.615. The quantitative estimate of drug-likeness (QED) is 0.525. The zero-order valence-electron chi connectivity index (χ0n) is 11.4. The van der Waals surface area contributed by atoms with Gasteiger partial charge >= 0.3 is 5.97 Å². The standard InChI is InChI=1S/C13H15BrClNO4S/c1-3-7-16(9-13(17)20-4-2)21(18,19)10-5-6-12(15)11(14)8-10/h3,5-6,8H,1,4,7,9H2,2H3. The highest BCUT2D eigenvalue weighted by Gasteiger charge is 2.26. The second-order valence-electron chi connectivity index (χ2n) is 3.97. The number of esters is 1. The van der Waals surface area contributed by atoms with Crippen molar-refractivity contribution in [3.63, 3.8) is 0 Å². The van der Waals surface area contributed by atoms with Crippen LogP contribution in [0.25, 0.3) is 0 Å². The Morgan fingerprint density at radius 1 is 1.52 bits per heavy atom. The van der Waals surface area contributed by atoms with Gasteiger partial charge in [0.1, 0.15) is 6.54 Å². The maximum Gasteiger partial charge on any atom is 0.321 e. The van der Waals surface area contributed by atoms with E-state index in [0.717, 1.165) is 4.31 Å². The van der Waals surface area contributed by atoms with Gasteiger partial charge in [0, 0.05) is 11.0 Å². The van der Waals surface area contributed by atoms with E-state index in [1.807, 2.05) is 0 Å². The third kappa shape index (κ3) is 4.81. The highest BCUT2D eigenvalue weighted by molar-refractivity contribution is 9.10. The topological polar surface area (TPSA) is 63.7 Å². The first-order valence-corrected chi connectivity index (χ1v) is 8.65. The number of hydrogen-bond acceptors (Lipinski definition) is 4. The van der Waals surface area contributed by atoms with Gasteiger partial charge in [-0.25, -0.2) is 8.42 Å². The van der Waals surface area contributed by atoms with E-state index in [0.29, 0.717) is 9.50 Å². The lowest BCUT2D eigenvalue weighted by Crippen LogP contribution is -2.36. The van der Waals surface area contributed by atoms with Crippen molar-refractivity contribution in [1.82, 2.24) is 4.31 Å². The Balaban J connectivity index is 3.11.